The molecular weight excluding hydrogens is 688 g/mol. The van der Waals surface area contributed by atoms with Crippen LogP contribution >= 0.6 is 0 Å². The first kappa shape index (κ1) is 41.4. The summed E-state index contributed by atoms with van der Waals surface area (Å²) in [5, 5.41) is 11.4. The summed E-state index contributed by atoms with van der Waals surface area (Å²) in [4.78, 5) is 98.1. The maximum absolute atomic E-state index is 14.7. The predicted octanol–water partition coefficient (Wildman–Crippen LogP) is 4.00. The third kappa shape index (κ3) is 8.85. The van der Waals surface area contributed by atoms with Gasteiger partial charge in [-0.3, -0.25) is 33.7 Å². The summed E-state index contributed by atoms with van der Waals surface area (Å²) < 4.78 is 0. The number of ketones is 1. The molecule has 7 amide bonds. The van der Waals surface area contributed by atoms with E-state index in [1.165, 1.54) is 11.0 Å². The van der Waals surface area contributed by atoms with Crippen molar-refractivity contribution in [3.63, 3.8) is 0 Å². The lowest BCUT2D eigenvalue weighted by atomic mass is 9.76. The van der Waals surface area contributed by atoms with Crippen LogP contribution in [0.15, 0.2) is 12.7 Å². The molecule has 2 unspecified atom stereocenters. The number of likely N-dealkylation sites (tertiary alicyclic amines) is 2. The lowest BCUT2D eigenvalue weighted by Gasteiger charge is -2.41. The average Bonchev–Trinajstić information content (AvgIpc) is 3.47. The van der Waals surface area contributed by atoms with Gasteiger partial charge < -0.3 is 26.2 Å². The zero-order chi connectivity index (χ0) is 39.6. The fourth-order valence-electron chi connectivity index (χ4n) is 9.84. The minimum Gasteiger partial charge on any atom is -0.346 e. The van der Waals surface area contributed by atoms with Crippen LogP contribution < -0.4 is 21.3 Å². The summed E-state index contributed by atoms with van der Waals surface area (Å²) in [6, 6.07) is -3.95. The monoisotopic (exact) mass is 752 g/mol. The van der Waals surface area contributed by atoms with Gasteiger partial charge in [-0.15, -0.1) is 6.58 Å². The van der Waals surface area contributed by atoms with Crippen LogP contribution in [0.3, 0.4) is 0 Å². The zero-order valence-electron chi connectivity index (χ0n) is 33.4. The number of imide groups is 1. The van der Waals surface area contributed by atoms with Crippen molar-refractivity contribution in [2.24, 2.45) is 34.0 Å². The zero-order valence-corrected chi connectivity index (χ0v) is 33.4. The van der Waals surface area contributed by atoms with Gasteiger partial charge in [0.15, 0.2) is 0 Å². The Bertz CT molecular complexity index is 1470. The summed E-state index contributed by atoms with van der Waals surface area (Å²) in [5.74, 6) is -2.95. The number of nitrogens with one attached hydrogen (secondary N) is 4. The molecule has 5 fully saturated rings. The largest absolute Gasteiger partial charge is 0.346 e. The molecule has 2 saturated heterocycles. The molecular formula is C41H64N6O7. The summed E-state index contributed by atoms with van der Waals surface area (Å²) in [6.45, 7) is 15.9. The van der Waals surface area contributed by atoms with Crippen molar-refractivity contribution < 1.29 is 33.6 Å². The number of carbonyl (C=O) groups is 7. The first-order valence-corrected chi connectivity index (χ1v) is 20.4. The second kappa shape index (κ2) is 16.5. The standard InChI is InChI=1S/C41H64N6O7/c1-8-15-27(34(50)36(52)42-20-9-2)43-35(51)33-31-26(40(31,6)7)23-47(33)37(53)32(25-16-11-10-12-17-25)45-38(54)44-28(39(3,4)5)24-46-29(48)21-41(22-30(46)49)18-13-14-19-41/h9,25-28,31-33H,2,8,10-24H2,1,3-7H3,(H,42,52)(H,43,51)(H2,44,45,54)/t26-,27?,28+,31-,32-,33?/m0/s1. The average molecular weight is 753 g/mol. The molecule has 2 aliphatic heterocycles. The number of hydrogen-bond acceptors (Lipinski definition) is 7. The molecule has 2 heterocycles. The molecule has 3 saturated carbocycles. The molecule has 0 aromatic rings. The highest BCUT2D eigenvalue weighted by molar-refractivity contribution is 6.38. The fourth-order valence-corrected chi connectivity index (χ4v) is 9.84. The lowest BCUT2D eigenvalue weighted by Crippen LogP contribution is -2.62. The number of hydrogen-bond donors (Lipinski definition) is 4. The third-order valence-electron chi connectivity index (χ3n) is 13.3. The summed E-state index contributed by atoms with van der Waals surface area (Å²) in [5.41, 5.74) is -0.951. The number of Topliss-reactive ketones (excluding diaryl/α,β-unsaturated/α-hetero) is 1. The first-order valence-electron chi connectivity index (χ1n) is 20.4. The van der Waals surface area contributed by atoms with Gasteiger partial charge in [-0.25, -0.2) is 4.79 Å². The molecule has 5 rings (SSSR count). The molecule has 300 valence electrons. The molecule has 0 bridgehead atoms. The molecule has 0 radical (unpaired) electrons. The van der Waals surface area contributed by atoms with Crippen LogP contribution in [-0.4, -0.2) is 95.0 Å². The van der Waals surface area contributed by atoms with E-state index < -0.39 is 53.2 Å². The van der Waals surface area contributed by atoms with E-state index in [1.807, 2.05) is 27.7 Å². The number of fused-ring (bicyclic) bond motifs is 1. The van der Waals surface area contributed by atoms with Gasteiger partial charge in [0.05, 0.1) is 12.1 Å². The number of amides is 7. The van der Waals surface area contributed by atoms with Crippen LogP contribution in [0.4, 0.5) is 4.79 Å². The van der Waals surface area contributed by atoms with Crippen molar-refractivity contribution >= 4 is 41.4 Å². The Balaban J connectivity index is 1.33. The van der Waals surface area contributed by atoms with Gasteiger partial charge in [0.1, 0.15) is 12.1 Å². The van der Waals surface area contributed by atoms with E-state index in [1.54, 1.807) is 4.90 Å². The molecule has 0 aromatic carbocycles. The highest BCUT2D eigenvalue weighted by Gasteiger charge is 2.69. The smallest absolute Gasteiger partial charge is 0.315 e. The summed E-state index contributed by atoms with van der Waals surface area (Å²) in [7, 11) is 0. The maximum atomic E-state index is 14.7. The fraction of sp³-hybridized carbons (Fsp3) is 0.780. The summed E-state index contributed by atoms with van der Waals surface area (Å²) >= 11 is 0. The van der Waals surface area contributed by atoms with Crippen molar-refractivity contribution in [3.8, 4) is 0 Å². The number of piperidine rings is 2. The van der Waals surface area contributed by atoms with E-state index in [4.69, 9.17) is 0 Å². The van der Waals surface area contributed by atoms with Gasteiger partial charge in [0.2, 0.25) is 29.4 Å². The topological polar surface area (TPSA) is 174 Å². The maximum Gasteiger partial charge on any atom is 0.315 e. The second-order valence-electron chi connectivity index (χ2n) is 18.5. The van der Waals surface area contributed by atoms with Crippen LogP contribution in [0.2, 0.25) is 0 Å². The highest BCUT2D eigenvalue weighted by Crippen LogP contribution is 2.65. The molecule has 54 heavy (non-hydrogen) atoms. The quantitative estimate of drug-likeness (QED) is 0.118. The van der Waals surface area contributed by atoms with E-state index in [2.05, 4.69) is 41.7 Å². The lowest BCUT2D eigenvalue weighted by molar-refractivity contribution is -0.154. The first-order chi connectivity index (χ1) is 25.4. The molecule has 4 N–H and O–H groups in total. The Morgan fingerprint density at radius 2 is 1.56 bits per heavy atom. The van der Waals surface area contributed by atoms with Gasteiger partial charge in [0.25, 0.3) is 5.91 Å². The molecule has 1 spiro atoms. The van der Waals surface area contributed by atoms with Crippen molar-refractivity contribution in [2.45, 2.75) is 149 Å². The Labute approximate surface area is 320 Å². The minimum absolute atomic E-state index is 0.0444. The van der Waals surface area contributed by atoms with Crippen LogP contribution in [0, 0.1) is 34.0 Å². The van der Waals surface area contributed by atoms with Crippen molar-refractivity contribution in [3.05, 3.63) is 12.7 Å². The minimum atomic E-state index is -1.04. The van der Waals surface area contributed by atoms with Crippen LogP contribution in [0.25, 0.3) is 0 Å². The molecule has 3 aliphatic carbocycles. The van der Waals surface area contributed by atoms with Crippen molar-refractivity contribution in [2.75, 3.05) is 19.6 Å². The van der Waals surface area contributed by atoms with Crippen molar-refractivity contribution in [1.29, 1.82) is 0 Å². The van der Waals surface area contributed by atoms with Gasteiger partial charge >= 0.3 is 6.03 Å². The Morgan fingerprint density at radius 3 is 2.13 bits per heavy atom. The van der Waals surface area contributed by atoms with Crippen LogP contribution in [0.5, 0.6) is 0 Å². The van der Waals surface area contributed by atoms with Gasteiger partial charge in [-0.1, -0.05) is 86.1 Å². The number of carbonyl (C=O) groups excluding carboxylic acids is 7. The van der Waals surface area contributed by atoms with Crippen molar-refractivity contribution in [1.82, 2.24) is 31.1 Å². The number of rotatable bonds is 14. The highest BCUT2D eigenvalue weighted by atomic mass is 16.2. The Morgan fingerprint density at radius 1 is 0.926 bits per heavy atom. The van der Waals surface area contributed by atoms with Gasteiger partial charge in [-0.05, 0) is 66.1 Å². The third-order valence-corrected chi connectivity index (χ3v) is 13.3. The molecule has 13 heteroatoms. The van der Waals surface area contributed by atoms with Crippen LogP contribution in [-0.2, 0) is 28.8 Å². The normalized spacial score (nSPS) is 26.4. The number of urea groups is 1. The molecule has 13 nitrogen and oxygen atoms in total. The Kier molecular flexibility index (Phi) is 12.7. The van der Waals surface area contributed by atoms with E-state index in [0.29, 0.717) is 25.8 Å². The Hall–Kier alpha value is -3.77. The van der Waals surface area contributed by atoms with E-state index in [-0.39, 0.29) is 65.8 Å². The van der Waals surface area contributed by atoms with E-state index in [0.717, 1.165) is 57.8 Å². The van der Waals surface area contributed by atoms with E-state index in [9.17, 15) is 33.6 Å². The number of nitrogens with zero attached hydrogens (tertiary/aromatic N) is 2. The van der Waals surface area contributed by atoms with Gasteiger partial charge in [-0.2, -0.15) is 0 Å². The molecule has 0 aromatic heterocycles. The second-order valence-corrected chi connectivity index (χ2v) is 18.5. The SMILES string of the molecule is C=CCNC(=O)C(=O)C(CCC)NC(=O)C1[C@@H]2[C@H](CN1C(=O)[C@@H](NC(=O)N[C@H](CN1C(=O)CC3(CCCC3)CC1=O)C(C)(C)C)C1CCCCC1)C2(C)C. The van der Waals surface area contributed by atoms with Crippen LogP contribution in [0.1, 0.15) is 125 Å². The van der Waals surface area contributed by atoms with Gasteiger partial charge in [0, 0.05) is 32.5 Å². The molecule has 5 aliphatic rings. The predicted molar refractivity (Wildman–Crippen MR) is 203 cm³/mol. The summed E-state index contributed by atoms with van der Waals surface area (Å²) in [6.07, 6.45) is 11.2. The molecule has 6 atom stereocenters. The van der Waals surface area contributed by atoms with E-state index >= 15 is 0 Å².